The third kappa shape index (κ3) is 11.2. The number of benzene rings is 1. The molecule has 8 nitrogen and oxygen atoms in total. The summed E-state index contributed by atoms with van der Waals surface area (Å²) >= 11 is 0. The van der Waals surface area contributed by atoms with E-state index in [0.29, 0.717) is 66.1 Å². The van der Waals surface area contributed by atoms with Crippen LogP contribution in [0.4, 0.5) is 19.0 Å². The van der Waals surface area contributed by atoms with Gasteiger partial charge in [0.05, 0.1) is 28.5 Å². The Balaban J connectivity index is 0.000000621. The van der Waals surface area contributed by atoms with Gasteiger partial charge in [-0.25, -0.2) is 23.1 Å². The van der Waals surface area contributed by atoms with Crippen LogP contribution in [0.15, 0.2) is 35.4 Å². The molecule has 3 aromatic rings. The first-order valence-electron chi connectivity index (χ1n) is 21.2. The molecule has 1 N–H and O–H groups in total. The molecule has 0 radical (unpaired) electrons. The lowest BCUT2D eigenvalue weighted by Crippen LogP contribution is -2.40. The fraction of sp³-hybridized carbons (Fsp3) is 0.682. The standard InChI is InChI=1S/C34H41F3N6O2S.C8H18.C2H6/c1-23-25-7-6-8-27(29(25)35)34(36,37)20-24-9-15-42(16-10-24)13-4-2-3-5-14-43-31-26(30(41-23)39-22-40-31)19-28(32(43)44)33(21-38)11-17-46(45)18-12-33;1-4-6-8(3)7-5-2;1-2/h6-8,19,22-24H,2-5,9-18,20H2,1H3,(H,39,40,41);8H,4-7H2,1-3H3;1-2H3/t23-,33?,46?;;/m1../s1. The summed E-state index contributed by atoms with van der Waals surface area (Å²) in [6.07, 6.45) is 12.0. The quantitative estimate of drug-likeness (QED) is 0.274. The van der Waals surface area contributed by atoms with E-state index in [9.17, 15) is 14.3 Å². The maximum atomic E-state index is 15.9. The Morgan fingerprint density at radius 1 is 0.982 bits per heavy atom. The third-order valence-corrected chi connectivity index (χ3v) is 13.1. The SMILES string of the molecule is CC.CCCC(C)CCC.C[C@H]1Nc2ncnc3c2cc(C2(C#N)CCS(=O)CC2)c(=O)n3CCCCCCN2CCC(CC2)CC(F)(F)c2cccc1c2F. The van der Waals surface area contributed by atoms with E-state index < -0.39 is 39.6 Å². The molecule has 1 aromatic carbocycles. The Labute approximate surface area is 335 Å². The van der Waals surface area contributed by atoms with Crippen molar-refractivity contribution < 1.29 is 17.4 Å². The summed E-state index contributed by atoms with van der Waals surface area (Å²) in [5, 5.41) is 14.1. The molecule has 12 heteroatoms. The molecule has 6 heterocycles. The Bertz CT molecular complexity index is 1820. The summed E-state index contributed by atoms with van der Waals surface area (Å²) in [7, 11) is -1.04. The van der Waals surface area contributed by atoms with Crippen molar-refractivity contribution >= 4 is 27.7 Å². The van der Waals surface area contributed by atoms with E-state index in [1.54, 1.807) is 17.6 Å². The number of nitriles is 1. The number of halogens is 3. The molecule has 4 aliphatic rings. The minimum absolute atomic E-state index is 0.0847. The molecule has 0 aliphatic carbocycles. The number of fused-ring (bicyclic) bond motifs is 9. The molecule has 0 amide bonds. The van der Waals surface area contributed by atoms with Crippen LogP contribution in [0.1, 0.15) is 148 Å². The average Bonchev–Trinajstić information content (AvgIpc) is 3.19. The van der Waals surface area contributed by atoms with Crippen LogP contribution < -0.4 is 10.9 Å². The highest BCUT2D eigenvalue weighted by Gasteiger charge is 2.41. The van der Waals surface area contributed by atoms with E-state index in [-0.39, 0.29) is 23.5 Å². The highest BCUT2D eigenvalue weighted by atomic mass is 32.2. The van der Waals surface area contributed by atoms with Gasteiger partial charge in [-0.1, -0.05) is 91.3 Å². The molecule has 56 heavy (non-hydrogen) atoms. The highest BCUT2D eigenvalue weighted by molar-refractivity contribution is 7.85. The molecule has 2 aromatic heterocycles. The zero-order chi connectivity index (χ0) is 40.9. The van der Waals surface area contributed by atoms with Crippen LogP contribution in [-0.4, -0.2) is 54.8 Å². The Kier molecular flexibility index (Phi) is 17.4. The monoisotopic (exact) mass is 798 g/mol. The Morgan fingerprint density at radius 3 is 2.25 bits per heavy atom. The van der Waals surface area contributed by atoms with Gasteiger partial charge in [0.2, 0.25) is 0 Å². The van der Waals surface area contributed by atoms with Gasteiger partial charge >= 0.3 is 0 Å². The van der Waals surface area contributed by atoms with Crippen LogP contribution in [0.25, 0.3) is 11.0 Å². The van der Waals surface area contributed by atoms with Crippen LogP contribution in [-0.2, 0) is 28.7 Å². The van der Waals surface area contributed by atoms with Gasteiger partial charge in [0, 0.05) is 46.4 Å². The average molecular weight is 799 g/mol. The van der Waals surface area contributed by atoms with Gasteiger partial charge in [-0.2, -0.15) is 5.26 Å². The van der Waals surface area contributed by atoms with Crippen LogP contribution in [0, 0.1) is 29.0 Å². The summed E-state index contributed by atoms with van der Waals surface area (Å²) in [4.78, 5) is 25.4. The normalized spacial score (nSPS) is 25.4. The molecular formula is C44H65F3N6O2S. The van der Waals surface area contributed by atoms with Crippen LogP contribution in [0.3, 0.4) is 0 Å². The first-order valence-corrected chi connectivity index (χ1v) is 22.7. The lowest BCUT2D eigenvalue weighted by molar-refractivity contribution is -0.0401. The number of hydrogen-bond donors (Lipinski definition) is 1. The number of hydrogen-bond acceptors (Lipinski definition) is 7. The van der Waals surface area contributed by atoms with Crippen molar-refractivity contribution in [1.29, 1.82) is 5.26 Å². The van der Waals surface area contributed by atoms with Crippen molar-refractivity contribution in [3.8, 4) is 6.07 Å². The third-order valence-electron chi connectivity index (χ3n) is 11.8. The molecular weight excluding hydrogens is 734 g/mol. The molecule has 1 atom stereocenters. The van der Waals surface area contributed by atoms with E-state index >= 15 is 13.2 Å². The number of piperidine rings is 1. The Hall–Kier alpha value is -3.30. The summed E-state index contributed by atoms with van der Waals surface area (Å²) < 4.78 is 61.1. The minimum Gasteiger partial charge on any atom is -0.363 e. The second-order valence-electron chi connectivity index (χ2n) is 15.9. The zero-order valence-electron chi connectivity index (χ0n) is 34.6. The number of pyridine rings is 1. The lowest BCUT2D eigenvalue weighted by atomic mass is 9.77. The van der Waals surface area contributed by atoms with Gasteiger partial charge in [-0.3, -0.25) is 13.6 Å². The smallest absolute Gasteiger partial charge is 0.276 e. The van der Waals surface area contributed by atoms with Crippen molar-refractivity contribution in [3.63, 3.8) is 0 Å². The second-order valence-corrected chi connectivity index (χ2v) is 17.6. The number of aromatic nitrogens is 3. The number of aryl methyl sites for hydroxylation is 1. The zero-order valence-corrected chi connectivity index (χ0v) is 35.5. The number of rotatable bonds is 5. The molecule has 310 valence electrons. The highest BCUT2D eigenvalue weighted by Crippen LogP contribution is 2.41. The number of anilines is 1. The van der Waals surface area contributed by atoms with Gasteiger partial charge in [0.25, 0.3) is 11.5 Å². The minimum atomic E-state index is -3.31. The lowest BCUT2D eigenvalue weighted by Gasteiger charge is -2.34. The summed E-state index contributed by atoms with van der Waals surface area (Å²) in [5.41, 5.74) is -1.20. The Morgan fingerprint density at radius 2 is 1.62 bits per heavy atom. The first kappa shape index (κ1) is 45.4. The molecule has 0 spiro atoms. The largest absolute Gasteiger partial charge is 0.363 e. The van der Waals surface area contributed by atoms with Gasteiger partial charge in [-0.15, -0.1) is 0 Å². The van der Waals surface area contributed by atoms with Gasteiger partial charge < -0.3 is 10.2 Å². The van der Waals surface area contributed by atoms with Gasteiger partial charge in [-0.05, 0) is 83.0 Å². The van der Waals surface area contributed by atoms with E-state index in [0.717, 1.165) is 51.2 Å². The van der Waals surface area contributed by atoms with Crippen LogP contribution in [0.5, 0.6) is 0 Å². The van der Waals surface area contributed by atoms with E-state index in [1.807, 2.05) is 13.8 Å². The molecule has 0 unspecified atom stereocenters. The molecule has 2 fully saturated rings. The van der Waals surface area contributed by atoms with Crippen molar-refractivity contribution in [3.05, 3.63) is 63.5 Å². The summed E-state index contributed by atoms with van der Waals surface area (Å²) in [5.74, 6) is -2.49. The predicted octanol–water partition coefficient (Wildman–Crippen LogP) is 10.4. The van der Waals surface area contributed by atoms with Gasteiger partial charge in [0.15, 0.2) is 0 Å². The molecule has 4 aliphatic heterocycles. The molecule has 2 saturated heterocycles. The predicted molar refractivity (Wildman–Crippen MR) is 223 cm³/mol. The summed E-state index contributed by atoms with van der Waals surface area (Å²) in [6.45, 7) is 15.3. The van der Waals surface area contributed by atoms with Crippen LogP contribution >= 0.6 is 0 Å². The second kappa shape index (κ2) is 21.5. The maximum absolute atomic E-state index is 15.9. The molecule has 0 saturated carbocycles. The van der Waals surface area contributed by atoms with E-state index in [4.69, 9.17) is 0 Å². The summed E-state index contributed by atoms with van der Waals surface area (Å²) in [6, 6.07) is 7.43. The van der Waals surface area contributed by atoms with Crippen LogP contribution in [0.2, 0.25) is 0 Å². The molecule has 7 rings (SSSR count). The topological polar surface area (TPSA) is 104 Å². The number of alkyl halides is 2. The van der Waals surface area contributed by atoms with Gasteiger partial charge in [0.1, 0.15) is 23.6 Å². The molecule has 8 bridgehead atoms. The van der Waals surface area contributed by atoms with E-state index in [1.165, 1.54) is 50.2 Å². The van der Waals surface area contributed by atoms with Crippen molar-refractivity contribution in [2.24, 2.45) is 11.8 Å². The number of nitrogens with zero attached hydrogens (tertiary/aromatic N) is 5. The fourth-order valence-electron chi connectivity index (χ4n) is 8.52. The van der Waals surface area contributed by atoms with E-state index in [2.05, 4.69) is 47.0 Å². The number of nitrogens with one attached hydrogen (secondary N) is 1. The van der Waals surface area contributed by atoms with Crippen molar-refractivity contribution in [1.82, 2.24) is 19.4 Å². The van der Waals surface area contributed by atoms with Crippen molar-refractivity contribution in [2.75, 3.05) is 36.5 Å². The fourth-order valence-corrected chi connectivity index (χ4v) is 9.87. The maximum Gasteiger partial charge on any atom is 0.276 e. The van der Waals surface area contributed by atoms with Crippen molar-refractivity contribution in [2.45, 2.75) is 149 Å². The first-order chi connectivity index (χ1) is 26.9.